The first-order chi connectivity index (χ1) is 17.9. The normalized spacial score (nSPS) is 21.3. The van der Waals surface area contributed by atoms with Crippen molar-refractivity contribution in [2.45, 2.75) is 60.5 Å². The van der Waals surface area contributed by atoms with E-state index in [0.717, 1.165) is 12.1 Å². The van der Waals surface area contributed by atoms with Crippen LogP contribution in [0.2, 0.25) is 0 Å². The van der Waals surface area contributed by atoms with Gasteiger partial charge < -0.3 is 0 Å². The Labute approximate surface area is 219 Å². The predicted octanol–water partition coefficient (Wildman–Crippen LogP) is 7.40. The van der Waals surface area contributed by atoms with E-state index in [0.29, 0.717) is 6.07 Å². The van der Waals surface area contributed by atoms with Crippen LogP contribution in [0.25, 0.3) is 0 Å². The molecule has 0 fully saturated rings. The van der Waals surface area contributed by atoms with Crippen LogP contribution in [0.3, 0.4) is 0 Å². The number of hydrogen-bond donors (Lipinski definition) is 1. The molecule has 0 bridgehead atoms. The van der Waals surface area contributed by atoms with Gasteiger partial charge in [-0.3, -0.25) is 0 Å². The average molecular weight is 756 g/mol. The zero-order valence-electron chi connectivity index (χ0n) is 18.7. The molecule has 0 saturated carbocycles. The maximum absolute atomic E-state index is 13.9. The topological polar surface area (TPSA) is 72.8 Å². The molecule has 23 heteroatoms. The first kappa shape index (κ1) is 35.0. The summed E-state index contributed by atoms with van der Waals surface area (Å²) in [5, 5.41) is 0. The molecule has 41 heavy (non-hydrogen) atoms. The van der Waals surface area contributed by atoms with E-state index in [-0.39, 0.29) is 0 Å². The first-order valence-electron chi connectivity index (χ1n) is 9.87. The number of hydrogen-bond acceptors (Lipinski definition) is 4. The van der Waals surface area contributed by atoms with Crippen molar-refractivity contribution in [1.29, 1.82) is 0 Å². The standard InChI is InChI=1S/C18H10F17IO5/c19-11(20,4-1-5-40-7-2-3-9-8(6-7)10(37)41-36(9,38)39)12(21,22)13(23,24)14(25,26)15(27,28)16(29,30)17(31,32)18(33,34)35/h2-3,6H,1,4-5H2,(H,38,39). The van der Waals surface area contributed by atoms with Crippen LogP contribution in [0.1, 0.15) is 23.2 Å². The molecule has 1 aliphatic heterocycles. The third-order valence-electron chi connectivity index (χ3n) is 5.28. The summed E-state index contributed by atoms with van der Waals surface area (Å²) in [6.45, 7) is -1.24. The second-order valence-corrected chi connectivity index (χ2v) is 12.2. The molecule has 0 aromatic heterocycles. The summed E-state index contributed by atoms with van der Waals surface area (Å²) in [5.41, 5.74) is -0.566. The zero-order valence-corrected chi connectivity index (χ0v) is 20.9. The van der Waals surface area contributed by atoms with Crippen molar-refractivity contribution in [3.8, 4) is 5.75 Å². The number of carbonyl (C=O) groups excluding carboxylic acids is 1. The van der Waals surface area contributed by atoms with Gasteiger partial charge in [0.2, 0.25) is 0 Å². The van der Waals surface area contributed by atoms with Gasteiger partial charge in [-0.2, -0.15) is 48.3 Å². The van der Waals surface area contributed by atoms with Crippen LogP contribution in [0.5, 0.6) is 5.75 Å². The third-order valence-corrected chi connectivity index (χ3v) is 8.69. The molecule has 1 atom stereocenters. The van der Waals surface area contributed by atoms with Crippen molar-refractivity contribution in [2.24, 2.45) is 0 Å². The molecule has 0 spiro atoms. The minimum absolute atomic E-state index is 0.487. The summed E-state index contributed by atoms with van der Waals surface area (Å²) in [7, 11) is 0. The van der Waals surface area contributed by atoms with Gasteiger partial charge in [0.15, 0.2) is 0 Å². The molecule has 1 heterocycles. The van der Waals surface area contributed by atoms with Crippen LogP contribution in [-0.4, -0.2) is 63.6 Å². The molecular weight excluding hydrogens is 746 g/mol. The number of fused-ring (bicyclic) bond motifs is 1. The molecule has 1 aromatic rings. The molecule has 0 amide bonds. The second kappa shape index (κ2) is 9.92. The van der Waals surface area contributed by atoms with Crippen LogP contribution in [-0.2, 0) is 6.14 Å². The molecule has 0 aliphatic carbocycles. The fourth-order valence-electron chi connectivity index (χ4n) is 2.97. The van der Waals surface area contributed by atoms with Crippen LogP contribution in [0.4, 0.5) is 74.6 Å². The summed E-state index contributed by atoms with van der Waals surface area (Å²) >= 11 is -5.33. The number of rotatable bonds is 11. The van der Waals surface area contributed by atoms with Crippen molar-refractivity contribution in [2.75, 3.05) is 6.61 Å². The Bertz CT molecular complexity index is 1230. The second-order valence-electron chi connectivity index (χ2n) is 8.05. The van der Waals surface area contributed by atoms with E-state index in [1.54, 1.807) is 0 Å². The van der Waals surface area contributed by atoms with Gasteiger partial charge in [-0.05, 0) is 0 Å². The Kier molecular flexibility index (Phi) is 8.47. The third kappa shape index (κ3) is 5.17. The fourth-order valence-corrected chi connectivity index (χ4v) is 5.74. The SMILES string of the molecule is O=C1OI(=O)(O)c2ccc(OCCCC(F)(F)C(F)(F)C(F)(F)C(F)(F)C(F)(F)C(F)(F)C(F)(F)C(F)(F)F)cc21. The quantitative estimate of drug-likeness (QED) is 0.145. The molecule has 5 nitrogen and oxygen atoms in total. The zero-order chi connectivity index (χ0) is 32.5. The molecule has 0 radical (unpaired) electrons. The van der Waals surface area contributed by atoms with Crippen molar-refractivity contribution in [1.82, 2.24) is 0 Å². The summed E-state index contributed by atoms with van der Waals surface area (Å²) in [6.07, 6.45) is -12.1. The summed E-state index contributed by atoms with van der Waals surface area (Å²) in [4.78, 5) is 11.5. The maximum atomic E-state index is 13.9. The summed E-state index contributed by atoms with van der Waals surface area (Å²) in [6, 6.07) is 2.26. The van der Waals surface area contributed by atoms with Gasteiger partial charge in [0.25, 0.3) is 0 Å². The molecule has 238 valence electrons. The van der Waals surface area contributed by atoms with Crippen LogP contribution in [0.15, 0.2) is 18.2 Å². The minimum atomic E-state index is -8.69. The molecular formula is C18H10F17IO5. The van der Waals surface area contributed by atoms with Gasteiger partial charge >= 0.3 is 171 Å². The van der Waals surface area contributed by atoms with Gasteiger partial charge in [0, 0.05) is 0 Å². The Morgan fingerprint density at radius 2 is 1.15 bits per heavy atom. The van der Waals surface area contributed by atoms with Gasteiger partial charge in [-0.15, -0.1) is 0 Å². The number of alkyl halides is 17. The van der Waals surface area contributed by atoms with Gasteiger partial charge in [0.1, 0.15) is 0 Å². The van der Waals surface area contributed by atoms with E-state index < -0.39 is 107 Å². The molecule has 2 rings (SSSR count). The van der Waals surface area contributed by atoms with Crippen molar-refractivity contribution in [3.63, 3.8) is 0 Å². The van der Waals surface area contributed by atoms with E-state index in [4.69, 9.17) is 0 Å². The summed E-state index contributed by atoms with van der Waals surface area (Å²) in [5.74, 6) is -58.7. The molecule has 0 saturated heterocycles. The number of carbonyl (C=O) groups is 1. The number of halogens is 18. The number of ether oxygens (including phenoxy) is 1. The van der Waals surface area contributed by atoms with Crippen molar-refractivity contribution >= 4 is 25.2 Å². The Balaban J connectivity index is 2.25. The van der Waals surface area contributed by atoms with Gasteiger partial charge in [0.05, 0.1) is 0 Å². The molecule has 1 unspecified atom stereocenters. The Morgan fingerprint density at radius 1 is 0.707 bits per heavy atom. The van der Waals surface area contributed by atoms with Crippen molar-refractivity contribution in [3.05, 3.63) is 27.3 Å². The van der Waals surface area contributed by atoms with E-state index in [2.05, 4.69) is 7.80 Å². The predicted molar refractivity (Wildman–Crippen MR) is 103 cm³/mol. The average Bonchev–Trinajstić information content (AvgIpc) is 3.02. The Hall–Kier alpha value is -2.21. The first-order valence-corrected chi connectivity index (χ1v) is 13.7. The van der Waals surface area contributed by atoms with Gasteiger partial charge in [-0.1, -0.05) is 0 Å². The van der Waals surface area contributed by atoms with E-state index in [1.807, 2.05) is 0 Å². The monoisotopic (exact) mass is 756 g/mol. The fraction of sp³-hybridized carbons (Fsp3) is 0.611. The van der Waals surface area contributed by atoms with Crippen molar-refractivity contribution < 1.29 is 93.7 Å². The van der Waals surface area contributed by atoms with Gasteiger partial charge in [-0.25, -0.2) is 0 Å². The van der Waals surface area contributed by atoms with Crippen LogP contribution < -0.4 is 4.74 Å². The molecule has 1 N–H and O–H groups in total. The van der Waals surface area contributed by atoms with Crippen LogP contribution >= 0.6 is 19.3 Å². The van der Waals surface area contributed by atoms with E-state index in [9.17, 15) is 85.9 Å². The Morgan fingerprint density at radius 3 is 1.61 bits per heavy atom. The summed E-state index contributed by atoms with van der Waals surface area (Å²) < 4.78 is 255. The number of benzene rings is 1. The van der Waals surface area contributed by atoms with E-state index in [1.165, 1.54) is 0 Å². The molecule has 1 aliphatic rings. The van der Waals surface area contributed by atoms with Crippen LogP contribution in [0, 0.1) is 3.57 Å². The molecule has 1 aromatic carbocycles. The van der Waals surface area contributed by atoms with E-state index >= 15 is 0 Å².